The van der Waals surface area contributed by atoms with Gasteiger partial charge in [-0.1, -0.05) is 6.92 Å². The number of ether oxygens (including phenoxy) is 1. The lowest BCUT2D eigenvalue weighted by Crippen LogP contribution is -2.06. The van der Waals surface area contributed by atoms with E-state index in [1.54, 1.807) is 12.1 Å². The van der Waals surface area contributed by atoms with Crippen LogP contribution in [-0.4, -0.2) is 17.1 Å². The van der Waals surface area contributed by atoms with Crippen molar-refractivity contribution < 1.29 is 9.53 Å². The number of rotatable bonds is 6. The van der Waals surface area contributed by atoms with Crippen LogP contribution >= 0.6 is 0 Å². The Hall–Kier alpha value is -2.23. The van der Waals surface area contributed by atoms with Crippen LogP contribution in [0.4, 0.5) is 5.69 Å². The molecule has 1 heterocycles. The zero-order valence-corrected chi connectivity index (χ0v) is 11.9. The van der Waals surface area contributed by atoms with E-state index in [9.17, 15) is 4.79 Å². The van der Waals surface area contributed by atoms with Crippen molar-refractivity contribution in [2.75, 3.05) is 11.9 Å². The van der Waals surface area contributed by atoms with Crippen molar-refractivity contribution in [1.82, 2.24) is 4.57 Å². The summed E-state index contributed by atoms with van der Waals surface area (Å²) in [5.74, 6) is -0.263. The second-order valence-electron chi connectivity index (χ2n) is 4.75. The number of aromatic nitrogens is 1. The van der Waals surface area contributed by atoms with Crippen molar-refractivity contribution in [1.29, 1.82) is 0 Å². The smallest absolute Gasteiger partial charge is 0.338 e. The predicted molar refractivity (Wildman–Crippen MR) is 79.8 cm³/mol. The third-order valence-corrected chi connectivity index (χ3v) is 2.95. The molecular weight excluding hydrogens is 252 g/mol. The highest BCUT2D eigenvalue weighted by Gasteiger charge is 2.06. The standard InChI is InChI=1S/C16H20N2O2/c1-3-10-20-16(19)14-4-6-15(7-5-14)17-11-13-8-9-18(2)12-13/h4-9,12,17H,3,10-11H2,1-2H3. The van der Waals surface area contributed by atoms with Gasteiger partial charge < -0.3 is 14.6 Å². The lowest BCUT2D eigenvalue weighted by Gasteiger charge is -2.07. The van der Waals surface area contributed by atoms with E-state index in [0.717, 1.165) is 18.7 Å². The predicted octanol–water partition coefficient (Wildman–Crippen LogP) is 3.20. The topological polar surface area (TPSA) is 43.3 Å². The molecule has 1 aromatic heterocycles. The van der Waals surface area contributed by atoms with Crippen molar-refractivity contribution in [3.63, 3.8) is 0 Å². The summed E-state index contributed by atoms with van der Waals surface area (Å²) >= 11 is 0. The molecule has 0 amide bonds. The molecule has 4 nitrogen and oxygen atoms in total. The highest BCUT2D eigenvalue weighted by Crippen LogP contribution is 2.12. The van der Waals surface area contributed by atoms with Crippen LogP contribution in [0.3, 0.4) is 0 Å². The number of carbonyl (C=O) groups is 1. The van der Waals surface area contributed by atoms with E-state index in [4.69, 9.17) is 4.74 Å². The fourth-order valence-electron chi connectivity index (χ4n) is 1.87. The van der Waals surface area contributed by atoms with Gasteiger partial charge in [0.05, 0.1) is 12.2 Å². The van der Waals surface area contributed by atoms with E-state index in [0.29, 0.717) is 12.2 Å². The van der Waals surface area contributed by atoms with Crippen LogP contribution in [-0.2, 0) is 18.3 Å². The van der Waals surface area contributed by atoms with Crippen LogP contribution in [0.1, 0.15) is 29.3 Å². The van der Waals surface area contributed by atoms with E-state index in [-0.39, 0.29) is 5.97 Å². The molecule has 1 aromatic carbocycles. The number of hydrogen-bond acceptors (Lipinski definition) is 3. The summed E-state index contributed by atoms with van der Waals surface area (Å²) in [5, 5.41) is 3.32. The number of esters is 1. The van der Waals surface area contributed by atoms with Gasteiger partial charge in [-0.05, 0) is 42.3 Å². The summed E-state index contributed by atoms with van der Waals surface area (Å²) in [5.41, 5.74) is 2.79. The number of nitrogens with one attached hydrogen (secondary N) is 1. The zero-order valence-electron chi connectivity index (χ0n) is 11.9. The van der Waals surface area contributed by atoms with Gasteiger partial charge in [-0.25, -0.2) is 4.79 Å². The Bertz CT molecular complexity index is 558. The molecule has 0 aliphatic rings. The minimum absolute atomic E-state index is 0.263. The molecule has 4 heteroatoms. The molecule has 2 rings (SSSR count). The Balaban J connectivity index is 1.89. The lowest BCUT2D eigenvalue weighted by atomic mass is 10.2. The Morgan fingerprint density at radius 1 is 1.25 bits per heavy atom. The van der Waals surface area contributed by atoms with Crippen molar-refractivity contribution in [2.24, 2.45) is 7.05 Å². The van der Waals surface area contributed by atoms with Gasteiger partial charge in [0.15, 0.2) is 0 Å². The number of benzene rings is 1. The van der Waals surface area contributed by atoms with Crippen LogP contribution < -0.4 is 5.32 Å². The summed E-state index contributed by atoms with van der Waals surface area (Å²) in [4.78, 5) is 11.7. The van der Waals surface area contributed by atoms with Gasteiger partial charge in [0, 0.05) is 31.7 Å². The van der Waals surface area contributed by atoms with Gasteiger partial charge >= 0.3 is 5.97 Å². The first kappa shape index (κ1) is 14.2. The fraction of sp³-hybridized carbons (Fsp3) is 0.312. The molecule has 0 saturated carbocycles. The Morgan fingerprint density at radius 2 is 2.00 bits per heavy atom. The first-order chi connectivity index (χ1) is 9.69. The largest absolute Gasteiger partial charge is 0.462 e. The van der Waals surface area contributed by atoms with Crippen LogP contribution in [0.25, 0.3) is 0 Å². The van der Waals surface area contributed by atoms with Crippen molar-refractivity contribution in [3.8, 4) is 0 Å². The van der Waals surface area contributed by atoms with E-state index < -0.39 is 0 Å². The molecule has 0 aliphatic heterocycles. The monoisotopic (exact) mass is 272 g/mol. The highest BCUT2D eigenvalue weighted by atomic mass is 16.5. The molecule has 2 aromatic rings. The summed E-state index contributed by atoms with van der Waals surface area (Å²) in [6.07, 6.45) is 4.93. The molecule has 0 saturated heterocycles. The minimum atomic E-state index is -0.263. The third kappa shape index (κ3) is 3.88. The molecule has 0 fully saturated rings. The van der Waals surface area contributed by atoms with E-state index >= 15 is 0 Å². The number of carbonyl (C=O) groups excluding carboxylic acids is 1. The summed E-state index contributed by atoms with van der Waals surface area (Å²) in [6.45, 7) is 3.21. The molecule has 20 heavy (non-hydrogen) atoms. The van der Waals surface area contributed by atoms with E-state index in [1.807, 2.05) is 36.9 Å². The average Bonchev–Trinajstić information content (AvgIpc) is 2.89. The maximum absolute atomic E-state index is 11.7. The van der Waals surface area contributed by atoms with Gasteiger partial charge in [0.2, 0.25) is 0 Å². The van der Waals surface area contributed by atoms with Gasteiger partial charge in [0.25, 0.3) is 0 Å². The van der Waals surface area contributed by atoms with Gasteiger partial charge in [-0.15, -0.1) is 0 Å². The van der Waals surface area contributed by atoms with Gasteiger partial charge in [-0.3, -0.25) is 0 Å². The van der Waals surface area contributed by atoms with E-state index in [1.165, 1.54) is 5.56 Å². The quantitative estimate of drug-likeness (QED) is 0.821. The fourth-order valence-corrected chi connectivity index (χ4v) is 1.87. The highest BCUT2D eigenvalue weighted by molar-refractivity contribution is 5.89. The number of aryl methyl sites for hydroxylation is 1. The maximum Gasteiger partial charge on any atom is 0.338 e. The molecule has 1 N–H and O–H groups in total. The molecule has 0 unspecified atom stereocenters. The molecule has 0 radical (unpaired) electrons. The van der Waals surface area contributed by atoms with Crippen molar-refractivity contribution >= 4 is 11.7 Å². The molecular formula is C16H20N2O2. The summed E-state index contributed by atoms with van der Waals surface area (Å²) < 4.78 is 7.10. The lowest BCUT2D eigenvalue weighted by molar-refractivity contribution is 0.0505. The van der Waals surface area contributed by atoms with Crippen LogP contribution in [0.5, 0.6) is 0 Å². The molecule has 0 atom stereocenters. The van der Waals surface area contributed by atoms with Gasteiger partial charge in [-0.2, -0.15) is 0 Å². The second kappa shape index (κ2) is 6.80. The molecule has 0 bridgehead atoms. The first-order valence-electron chi connectivity index (χ1n) is 6.81. The van der Waals surface area contributed by atoms with Gasteiger partial charge in [0.1, 0.15) is 0 Å². The van der Waals surface area contributed by atoms with Crippen LogP contribution in [0, 0.1) is 0 Å². The van der Waals surface area contributed by atoms with Crippen LogP contribution in [0.15, 0.2) is 42.7 Å². The zero-order chi connectivity index (χ0) is 14.4. The Labute approximate surface area is 119 Å². The van der Waals surface area contributed by atoms with Crippen molar-refractivity contribution in [3.05, 3.63) is 53.9 Å². The minimum Gasteiger partial charge on any atom is -0.462 e. The van der Waals surface area contributed by atoms with E-state index in [2.05, 4.69) is 17.6 Å². The Morgan fingerprint density at radius 3 is 2.60 bits per heavy atom. The first-order valence-corrected chi connectivity index (χ1v) is 6.81. The van der Waals surface area contributed by atoms with Crippen LogP contribution in [0.2, 0.25) is 0 Å². The average molecular weight is 272 g/mol. The number of hydrogen-bond donors (Lipinski definition) is 1. The maximum atomic E-state index is 11.7. The molecule has 0 spiro atoms. The number of nitrogens with zero attached hydrogens (tertiary/aromatic N) is 1. The third-order valence-electron chi connectivity index (χ3n) is 2.95. The SMILES string of the molecule is CCCOC(=O)c1ccc(NCc2ccn(C)c2)cc1. The summed E-state index contributed by atoms with van der Waals surface area (Å²) in [6, 6.07) is 9.43. The molecule has 0 aliphatic carbocycles. The Kier molecular flexibility index (Phi) is 4.82. The second-order valence-corrected chi connectivity index (χ2v) is 4.75. The normalized spacial score (nSPS) is 10.3. The van der Waals surface area contributed by atoms with Crippen molar-refractivity contribution in [2.45, 2.75) is 19.9 Å². The number of anilines is 1. The summed E-state index contributed by atoms with van der Waals surface area (Å²) in [7, 11) is 2.00. The molecule has 106 valence electrons.